The Morgan fingerprint density at radius 1 is 0.931 bits per heavy atom. The zero-order chi connectivity index (χ0) is 19.4. The number of nitrogens with zero attached hydrogens (tertiary/aromatic N) is 3. The van der Waals surface area contributed by atoms with Gasteiger partial charge in [-0.15, -0.1) is 0 Å². The Kier molecular flexibility index (Phi) is 2.55. The molecule has 0 radical (unpaired) electrons. The van der Waals surface area contributed by atoms with Crippen LogP contribution in [0.3, 0.4) is 0 Å². The number of hydrogen-bond donors (Lipinski definition) is 0. The molecule has 4 aromatic heterocycles. The number of benzene rings is 3. The van der Waals surface area contributed by atoms with Crippen LogP contribution >= 0.6 is 0 Å². The predicted molar refractivity (Wildman–Crippen MR) is 117 cm³/mol. The van der Waals surface area contributed by atoms with Crippen molar-refractivity contribution in [3.8, 4) is 0 Å². The molecule has 0 amide bonds. The molecule has 0 bridgehead atoms. The van der Waals surface area contributed by atoms with Crippen LogP contribution in [0.4, 0.5) is 0 Å². The fourth-order valence-corrected chi connectivity index (χ4v) is 5.16. The molecule has 0 saturated heterocycles. The Morgan fingerprint density at radius 2 is 1.79 bits per heavy atom. The molecule has 0 spiro atoms. The van der Waals surface area contributed by atoms with E-state index in [9.17, 15) is 0 Å². The van der Waals surface area contributed by atoms with Gasteiger partial charge in [-0.05, 0) is 41.7 Å². The maximum atomic E-state index is 5.91. The zero-order valence-corrected chi connectivity index (χ0v) is 16.4. The molecule has 4 heteroatoms. The summed E-state index contributed by atoms with van der Waals surface area (Å²) >= 11 is 0. The van der Waals surface area contributed by atoms with Gasteiger partial charge in [0.25, 0.3) is 5.82 Å². The van der Waals surface area contributed by atoms with Crippen LogP contribution in [0.1, 0.15) is 11.4 Å². The summed E-state index contributed by atoms with van der Waals surface area (Å²) in [7, 11) is 2.12. The van der Waals surface area contributed by atoms with E-state index in [0.29, 0.717) is 0 Å². The van der Waals surface area contributed by atoms with E-state index in [1.807, 2.05) is 0 Å². The maximum absolute atomic E-state index is 5.91. The minimum Gasteiger partial charge on any atom is -0.464 e. The van der Waals surface area contributed by atoms with Crippen LogP contribution in [-0.4, -0.2) is 9.38 Å². The third-order valence-corrected chi connectivity index (χ3v) is 6.55. The zero-order valence-electron chi connectivity index (χ0n) is 16.4. The van der Waals surface area contributed by atoms with Crippen molar-refractivity contribution in [2.45, 2.75) is 13.8 Å². The molecule has 0 aliphatic rings. The van der Waals surface area contributed by atoms with Crippen molar-refractivity contribution in [2.24, 2.45) is 7.05 Å². The molecule has 0 aliphatic carbocycles. The Bertz CT molecular complexity index is 1790. The van der Waals surface area contributed by atoms with Crippen molar-refractivity contribution in [3.05, 3.63) is 66.2 Å². The summed E-state index contributed by atoms with van der Waals surface area (Å²) in [5.74, 6) is 1.01. The molecule has 7 rings (SSSR count). The van der Waals surface area contributed by atoms with Gasteiger partial charge in [0.2, 0.25) is 5.52 Å². The standard InChI is InChI=1S/C25H18N3O/c1-13-8-9-17-21-19(12-15-10-11-29-25(15)17)28-18-7-5-4-6-16(18)22-24(28)23(20(13)21)27(3)14(2)26-22/h4-12H,1-3H3/q+1. The predicted octanol–water partition coefficient (Wildman–Crippen LogP) is 5.57. The summed E-state index contributed by atoms with van der Waals surface area (Å²) in [6.45, 7) is 4.29. The average molecular weight is 376 g/mol. The fraction of sp³-hybridized carbons (Fsp3) is 0.120. The van der Waals surface area contributed by atoms with Crippen molar-refractivity contribution in [1.82, 2.24) is 9.38 Å². The normalized spacial score (nSPS) is 12.7. The van der Waals surface area contributed by atoms with Gasteiger partial charge >= 0.3 is 0 Å². The van der Waals surface area contributed by atoms with Gasteiger partial charge in [-0.25, -0.2) is 4.57 Å². The highest BCUT2D eigenvalue weighted by atomic mass is 16.3. The molecule has 4 heterocycles. The van der Waals surface area contributed by atoms with Crippen molar-refractivity contribution in [3.63, 3.8) is 0 Å². The summed E-state index contributed by atoms with van der Waals surface area (Å²) in [5.41, 5.74) is 8.10. The lowest BCUT2D eigenvalue weighted by Gasteiger charge is -2.14. The average Bonchev–Trinajstić information content (AvgIpc) is 3.32. The summed E-state index contributed by atoms with van der Waals surface area (Å²) in [4.78, 5) is 5.01. The highest BCUT2D eigenvalue weighted by Crippen LogP contribution is 2.42. The lowest BCUT2D eigenvalue weighted by molar-refractivity contribution is -0.653. The Morgan fingerprint density at radius 3 is 2.69 bits per heavy atom. The van der Waals surface area contributed by atoms with Gasteiger partial charge in [0.1, 0.15) is 11.1 Å². The van der Waals surface area contributed by atoms with E-state index < -0.39 is 0 Å². The van der Waals surface area contributed by atoms with E-state index in [1.54, 1.807) is 6.26 Å². The molecule has 3 aromatic carbocycles. The number of furan rings is 1. The van der Waals surface area contributed by atoms with Gasteiger partial charge in [-0.3, -0.25) is 0 Å². The number of fused-ring (bicyclic) bond motifs is 7. The molecular formula is C25H18N3O+. The van der Waals surface area contributed by atoms with Gasteiger partial charge in [0.05, 0.1) is 29.7 Å². The molecule has 0 aliphatic heterocycles. The number of hydrogen-bond acceptors (Lipinski definition) is 2. The lowest BCUT2D eigenvalue weighted by Crippen LogP contribution is -2.34. The first-order chi connectivity index (χ1) is 14.1. The van der Waals surface area contributed by atoms with Gasteiger partial charge in [-0.2, -0.15) is 0 Å². The fourth-order valence-electron chi connectivity index (χ4n) is 5.16. The van der Waals surface area contributed by atoms with Crippen LogP contribution in [0, 0.1) is 13.8 Å². The highest BCUT2D eigenvalue weighted by Gasteiger charge is 2.27. The summed E-state index contributed by atoms with van der Waals surface area (Å²) in [5, 5.41) is 6.02. The number of aromatic nitrogens is 3. The molecular weight excluding hydrogens is 358 g/mol. The van der Waals surface area contributed by atoms with Crippen LogP contribution in [0.25, 0.3) is 60.1 Å². The monoisotopic (exact) mass is 376 g/mol. The second kappa shape index (κ2) is 4.84. The first-order valence-electron chi connectivity index (χ1n) is 9.89. The van der Waals surface area contributed by atoms with Crippen LogP contribution in [0.5, 0.6) is 0 Å². The lowest BCUT2D eigenvalue weighted by atomic mass is 9.97. The second-order valence-corrected chi connectivity index (χ2v) is 8.03. The number of aryl methyl sites for hydroxylation is 3. The topological polar surface area (TPSA) is 34.3 Å². The summed E-state index contributed by atoms with van der Waals surface area (Å²) in [6, 6.07) is 17.3. The SMILES string of the molecule is Cc1ccc2c3occc3cc3c2c1c1c2c(nc(C)[n+]1C)c1ccccc1n32. The Hall–Kier alpha value is -3.66. The molecule has 4 nitrogen and oxygen atoms in total. The molecule has 0 N–H and O–H groups in total. The molecule has 0 saturated carbocycles. The van der Waals surface area contributed by atoms with Gasteiger partial charge < -0.3 is 8.82 Å². The molecule has 29 heavy (non-hydrogen) atoms. The summed E-state index contributed by atoms with van der Waals surface area (Å²) < 4.78 is 10.5. The third-order valence-electron chi connectivity index (χ3n) is 6.55. The quantitative estimate of drug-likeness (QED) is 0.197. The van der Waals surface area contributed by atoms with Crippen LogP contribution < -0.4 is 4.57 Å². The summed E-state index contributed by atoms with van der Waals surface area (Å²) in [6.07, 6.45) is 1.79. The minimum absolute atomic E-state index is 0.953. The number of rotatable bonds is 0. The van der Waals surface area contributed by atoms with E-state index in [1.165, 1.54) is 43.8 Å². The largest absolute Gasteiger partial charge is 0.464 e. The second-order valence-electron chi connectivity index (χ2n) is 8.03. The molecule has 7 aromatic rings. The van der Waals surface area contributed by atoms with Gasteiger partial charge in [0.15, 0.2) is 5.52 Å². The number of para-hydroxylation sites is 1. The van der Waals surface area contributed by atoms with E-state index in [-0.39, 0.29) is 0 Å². The first kappa shape index (κ1) is 15.3. The Labute approximate surface area is 165 Å². The van der Waals surface area contributed by atoms with Crippen LogP contribution in [-0.2, 0) is 7.05 Å². The molecule has 0 fully saturated rings. The van der Waals surface area contributed by atoms with Crippen molar-refractivity contribution >= 4 is 60.1 Å². The molecule has 0 unspecified atom stereocenters. The van der Waals surface area contributed by atoms with E-state index >= 15 is 0 Å². The highest BCUT2D eigenvalue weighted by molar-refractivity contribution is 6.28. The van der Waals surface area contributed by atoms with Crippen molar-refractivity contribution in [2.75, 3.05) is 0 Å². The molecule has 0 atom stereocenters. The van der Waals surface area contributed by atoms with Crippen molar-refractivity contribution in [1.29, 1.82) is 0 Å². The van der Waals surface area contributed by atoms with Gasteiger partial charge in [-0.1, -0.05) is 24.3 Å². The van der Waals surface area contributed by atoms with Crippen LogP contribution in [0.2, 0.25) is 0 Å². The van der Waals surface area contributed by atoms with E-state index in [0.717, 1.165) is 27.7 Å². The van der Waals surface area contributed by atoms with Crippen molar-refractivity contribution < 1.29 is 8.98 Å². The number of pyridine rings is 1. The van der Waals surface area contributed by atoms with E-state index in [4.69, 9.17) is 9.40 Å². The third kappa shape index (κ3) is 1.63. The maximum Gasteiger partial charge on any atom is 0.296 e. The van der Waals surface area contributed by atoms with E-state index in [2.05, 4.69) is 78.4 Å². The smallest absolute Gasteiger partial charge is 0.296 e. The van der Waals surface area contributed by atoms with Crippen LogP contribution in [0.15, 0.2) is 59.2 Å². The van der Waals surface area contributed by atoms with Gasteiger partial charge in [0, 0.05) is 28.5 Å². The minimum atomic E-state index is 0.953. The molecule has 138 valence electrons. The first-order valence-corrected chi connectivity index (χ1v) is 9.89. The Balaban J connectivity index is 2.02.